The summed E-state index contributed by atoms with van der Waals surface area (Å²) in [5.41, 5.74) is -3.88. The highest BCUT2D eigenvalue weighted by atomic mass is 16.7. The molecule has 0 radical (unpaired) electrons. The highest BCUT2D eigenvalue weighted by Crippen LogP contribution is 2.78. The molecule has 1 spiro atoms. The van der Waals surface area contributed by atoms with Gasteiger partial charge in [-0.25, -0.2) is 4.79 Å². The fraction of sp³-hybridized carbons (Fsp3) is 0.714. The predicted octanol–water partition coefficient (Wildman–Crippen LogP) is 3.69. The average Bonchev–Trinajstić information content (AvgIpc) is 3.38. The molecule has 9 atom stereocenters. The van der Waals surface area contributed by atoms with Gasteiger partial charge in [-0.2, -0.15) is 0 Å². The van der Waals surface area contributed by atoms with Crippen LogP contribution < -0.4 is 0 Å². The minimum atomic E-state index is -1.09. The zero-order chi connectivity index (χ0) is 26.8. The molecule has 0 unspecified atom stereocenters. The standard InChI is InChI=1S/C28H34O9/c1-14(29)34-19-12-20(31)36-24(2,3)17-11-18(30)27(6)16(26(17,19)5)7-9-25(4)21(15-8-10-33-13-15)35-23(32)22-28(25,27)37-22/h8,10,13,16-17,19,21-22H,7,9,11-12H2,1-6H3/t16-,17+,19-,21+,22+,25-,26+,27+,28-/m1/s1. The van der Waals surface area contributed by atoms with Gasteiger partial charge in [0.1, 0.15) is 29.2 Å². The van der Waals surface area contributed by atoms with Crippen molar-refractivity contribution in [1.82, 2.24) is 0 Å². The number of rotatable bonds is 2. The monoisotopic (exact) mass is 514 g/mol. The summed E-state index contributed by atoms with van der Waals surface area (Å²) < 4.78 is 29.3. The molecule has 200 valence electrons. The Balaban J connectivity index is 1.54. The van der Waals surface area contributed by atoms with Crippen molar-refractivity contribution < 1.29 is 42.5 Å². The maximum atomic E-state index is 14.4. The summed E-state index contributed by atoms with van der Waals surface area (Å²) in [5.74, 6) is -2.18. The second-order valence-electron chi connectivity index (χ2n) is 12.7. The van der Waals surface area contributed by atoms with Gasteiger partial charge in [-0.05, 0) is 45.6 Å². The Labute approximate surface area is 215 Å². The van der Waals surface area contributed by atoms with E-state index in [0.717, 1.165) is 5.56 Å². The first kappa shape index (κ1) is 24.6. The molecule has 0 N–H and O–H groups in total. The van der Waals surface area contributed by atoms with Crippen molar-refractivity contribution in [2.45, 2.75) is 96.7 Å². The number of cyclic esters (lactones) is 2. The fourth-order valence-electron chi connectivity index (χ4n) is 9.24. The number of epoxide rings is 1. The van der Waals surface area contributed by atoms with Gasteiger partial charge in [-0.1, -0.05) is 13.8 Å². The quantitative estimate of drug-likeness (QED) is 0.330. The number of furan rings is 1. The van der Waals surface area contributed by atoms with E-state index in [0.29, 0.717) is 12.8 Å². The van der Waals surface area contributed by atoms with E-state index in [1.807, 2.05) is 34.6 Å². The van der Waals surface area contributed by atoms with Gasteiger partial charge in [0.2, 0.25) is 0 Å². The van der Waals surface area contributed by atoms with Crippen LogP contribution in [0.3, 0.4) is 0 Å². The molecule has 0 bridgehead atoms. The highest BCUT2D eigenvalue weighted by molar-refractivity contribution is 5.93. The van der Waals surface area contributed by atoms with Crippen LogP contribution in [0, 0.1) is 28.1 Å². The van der Waals surface area contributed by atoms with Crippen LogP contribution in [-0.2, 0) is 38.1 Å². The van der Waals surface area contributed by atoms with Crippen LogP contribution >= 0.6 is 0 Å². The number of hydrogen-bond acceptors (Lipinski definition) is 9. The van der Waals surface area contributed by atoms with E-state index >= 15 is 0 Å². The van der Waals surface area contributed by atoms with Crippen molar-refractivity contribution in [3.8, 4) is 0 Å². The predicted molar refractivity (Wildman–Crippen MR) is 126 cm³/mol. The topological polar surface area (TPSA) is 122 Å². The van der Waals surface area contributed by atoms with Crippen LogP contribution in [-0.4, -0.2) is 47.1 Å². The summed E-state index contributed by atoms with van der Waals surface area (Å²) in [7, 11) is 0. The van der Waals surface area contributed by atoms with E-state index in [1.165, 1.54) is 13.2 Å². The molecule has 0 amide bonds. The Morgan fingerprint density at radius 2 is 1.76 bits per heavy atom. The lowest BCUT2D eigenvalue weighted by atomic mass is 9.37. The number of fused-ring (bicyclic) bond motifs is 3. The summed E-state index contributed by atoms with van der Waals surface area (Å²) in [6.07, 6.45) is 2.06. The third kappa shape index (κ3) is 2.79. The van der Waals surface area contributed by atoms with Crippen LogP contribution in [0.2, 0.25) is 0 Å². The normalized spacial score (nSPS) is 47.7. The molecule has 1 aromatic rings. The zero-order valence-corrected chi connectivity index (χ0v) is 22.1. The van der Waals surface area contributed by atoms with Crippen molar-refractivity contribution in [3.05, 3.63) is 24.2 Å². The molecular formula is C28H34O9. The first-order valence-corrected chi connectivity index (χ1v) is 13.1. The molecule has 5 aliphatic rings. The van der Waals surface area contributed by atoms with E-state index in [9.17, 15) is 19.2 Å². The molecule has 3 saturated heterocycles. The van der Waals surface area contributed by atoms with Crippen LogP contribution in [0.5, 0.6) is 0 Å². The fourth-order valence-corrected chi connectivity index (χ4v) is 9.24. The zero-order valence-electron chi connectivity index (χ0n) is 22.1. The van der Waals surface area contributed by atoms with Gasteiger partial charge in [-0.15, -0.1) is 0 Å². The lowest BCUT2D eigenvalue weighted by Crippen LogP contribution is -2.72. The van der Waals surface area contributed by atoms with Gasteiger partial charge in [-0.3, -0.25) is 14.4 Å². The molecule has 0 aromatic carbocycles. The average molecular weight is 515 g/mol. The molecule has 9 nitrogen and oxygen atoms in total. The molecule has 3 aliphatic heterocycles. The van der Waals surface area contributed by atoms with E-state index in [2.05, 4.69) is 0 Å². The minimum Gasteiger partial charge on any atom is -0.472 e. The van der Waals surface area contributed by atoms with Gasteiger partial charge in [0, 0.05) is 35.7 Å². The summed E-state index contributed by atoms with van der Waals surface area (Å²) in [5, 5.41) is 0. The molecule has 37 heavy (non-hydrogen) atoms. The van der Waals surface area contributed by atoms with Crippen molar-refractivity contribution in [1.29, 1.82) is 0 Å². The van der Waals surface area contributed by atoms with E-state index in [4.69, 9.17) is 23.4 Å². The highest BCUT2D eigenvalue weighted by Gasteiger charge is 2.88. The summed E-state index contributed by atoms with van der Waals surface area (Å²) in [6, 6.07) is 1.78. The molecule has 4 heterocycles. The number of esters is 3. The SMILES string of the molecule is CC(=O)O[C@@H]1CC(=O)OC(C)(C)[C@@H]2CC(=O)[C@]3(C)[C@H](CC[C@]4(C)[C@H](c5ccoc5)OC(=O)[C@@H]5O[C@]543)[C@]12C. The number of Topliss-reactive ketones (excluding diaryl/α,β-unsaturated/α-hetero) is 1. The van der Waals surface area contributed by atoms with Gasteiger partial charge in [0.25, 0.3) is 0 Å². The first-order valence-electron chi connectivity index (χ1n) is 13.1. The molecule has 2 saturated carbocycles. The third-order valence-corrected chi connectivity index (χ3v) is 10.8. The van der Waals surface area contributed by atoms with Crippen LogP contribution in [0.25, 0.3) is 0 Å². The van der Waals surface area contributed by atoms with Crippen molar-refractivity contribution in [3.63, 3.8) is 0 Å². The molecule has 6 rings (SSSR count). The van der Waals surface area contributed by atoms with Gasteiger partial charge in [0.05, 0.1) is 24.4 Å². The molecule has 1 aromatic heterocycles. The van der Waals surface area contributed by atoms with Crippen molar-refractivity contribution >= 4 is 23.7 Å². The maximum Gasteiger partial charge on any atom is 0.339 e. The largest absolute Gasteiger partial charge is 0.472 e. The van der Waals surface area contributed by atoms with E-state index in [1.54, 1.807) is 12.3 Å². The Bertz CT molecular complexity index is 1200. The smallest absolute Gasteiger partial charge is 0.339 e. The molecular weight excluding hydrogens is 480 g/mol. The lowest BCUT2D eigenvalue weighted by molar-refractivity contribution is -0.234. The van der Waals surface area contributed by atoms with E-state index in [-0.39, 0.29) is 30.5 Å². The second-order valence-corrected chi connectivity index (χ2v) is 12.7. The van der Waals surface area contributed by atoms with Crippen molar-refractivity contribution in [2.24, 2.45) is 28.1 Å². The molecule has 5 fully saturated rings. The lowest BCUT2D eigenvalue weighted by Gasteiger charge is -2.66. The maximum absolute atomic E-state index is 14.4. The Morgan fingerprint density at radius 3 is 2.41 bits per heavy atom. The number of hydrogen-bond donors (Lipinski definition) is 0. The van der Waals surface area contributed by atoms with Crippen LogP contribution in [0.4, 0.5) is 0 Å². The number of ether oxygens (including phenoxy) is 4. The second kappa shape index (κ2) is 7.24. The minimum absolute atomic E-state index is 0.0263. The Morgan fingerprint density at radius 1 is 1.03 bits per heavy atom. The van der Waals surface area contributed by atoms with Gasteiger partial charge < -0.3 is 23.4 Å². The first-order chi connectivity index (χ1) is 17.2. The third-order valence-electron chi connectivity index (χ3n) is 10.8. The summed E-state index contributed by atoms with van der Waals surface area (Å²) in [4.78, 5) is 52.7. The number of carbonyl (C=O) groups excluding carboxylic acids is 4. The van der Waals surface area contributed by atoms with Crippen LogP contribution in [0.1, 0.15) is 78.9 Å². The summed E-state index contributed by atoms with van der Waals surface area (Å²) >= 11 is 0. The van der Waals surface area contributed by atoms with Crippen LogP contribution in [0.15, 0.2) is 23.0 Å². The Hall–Kier alpha value is -2.68. The van der Waals surface area contributed by atoms with Gasteiger partial charge in [0.15, 0.2) is 6.10 Å². The number of carbonyl (C=O) groups is 4. The van der Waals surface area contributed by atoms with Crippen molar-refractivity contribution in [2.75, 3.05) is 0 Å². The number of ketones is 1. The Kier molecular flexibility index (Phi) is 4.82. The van der Waals surface area contributed by atoms with E-state index < -0.39 is 63.7 Å². The summed E-state index contributed by atoms with van der Waals surface area (Å²) in [6.45, 7) is 11.0. The molecule has 9 heteroatoms. The van der Waals surface area contributed by atoms with Gasteiger partial charge >= 0.3 is 17.9 Å². The molecule has 2 aliphatic carbocycles.